The van der Waals surface area contributed by atoms with Crippen molar-refractivity contribution in [1.29, 1.82) is 0 Å². The number of rotatable bonds is 7. The second-order valence-electron chi connectivity index (χ2n) is 2.37. The molecule has 0 saturated heterocycles. The van der Waals surface area contributed by atoms with E-state index in [0.29, 0.717) is 26.4 Å². The highest BCUT2D eigenvalue weighted by Crippen LogP contribution is 1.76. The van der Waals surface area contributed by atoms with Crippen molar-refractivity contribution in [2.75, 3.05) is 46.8 Å². The molecule has 6 nitrogen and oxygen atoms in total. The Morgan fingerprint density at radius 3 is 1.53 bits per heavy atom. The van der Waals surface area contributed by atoms with E-state index < -0.39 is 0 Å². The van der Waals surface area contributed by atoms with Gasteiger partial charge in [0.05, 0.1) is 46.8 Å². The summed E-state index contributed by atoms with van der Waals surface area (Å²) in [5.74, 6) is -0.245. The Bertz CT molecular complexity index is 120. The molecule has 0 aliphatic carbocycles. The molecule has 0 heterocycles. The van der Waals surface area contributed by atoms with Crippen LogP contribution in [0.5, 0.6) is 0 Å². The molecule has 0 rings (SSSR count). The van der Waals surface area contributed by atoms with Crippen LogP contribution in [0.4, 0.5) is 0 Å². The van der Waals surface area contributed by atoms with E-state index in [1.165, 1.54) is 14.0 Å². The molecule has 0 fully saturated rings. The first-order valence-corrected chi connectivity index (χ1v) is 4.60. The monoisotopic (exact) mass is 224 g/mol. The Labute approximate surface area is 89.8 Å². The van der Waals surface area contributed by atoms with Crippen molar-refractivity contribution in [1.82, 2.24) is 0 Å². The number of aliphatic hydroxyl groups is 2. The van der Waals surface area contributed by atoms with E-state index in [1.807, 2.05) is 0 Å². The van der Waals surface area contributed by atoms with E-state index in [2.05, 4.69) is 4.74 Å². The maximum Gasteiger partial charge on any atom is 0.302 e. The van der Waals surface area contributed by atoms with Gasteiger partial charge in [-0.2, -0.15) is 0 Å². The number of hydrogen-bond acceptors (Lipinski definition) is 6. The summed E-state index contributed by atoms with van der Waals surface area (Å²) in [6, 6.07) is 0. The maximum absolute atomic E-state index is 9.59. The van der Waals surface area contributed by atoms with Crippen molar-refractivity contribution in [3.63, 3.8) is 0 Å². The minimum Gasteiger partial charge on any atom is -0.469 e. The third kappa shape index (κ3) is 24.7. The molecule has 2 N–H and O–H groups in total. The molecular formula is C9H20O6. The Morgan fingerprint density at radius 2 is 1.33 bits per heavy atom. The molecule has 0 aliphatic rings. The van der Waals surface area contributed by atoms with E-state index in [1.54, 1.807) is 0 Å². The van der Waals surface area contributed by atoms with Crippen molar-refractivity contribution in [2.24, 2.45) is 0 Å². The summed E-state index contributed by atoms with van der Waals surface area (Å²) >= 11 is 0. The summed E-state index contributed by atoms with van der Waals surface area (Å²) in [6.07, 6.45) is 0. The fraction of sp³-hybridized carbons (Fsp3) is 0.889. The Hall–Kier alpha value is -0.690. The van der Waals surface area contributed by atoms with Crippen LogP contribution < -0.4 is 0 Å². The van der Waals surface area contributed by atoms with Gasteiger partial charge in [0.2, 0.25) is 0 Å². The lowest BCUT2D eigenvalue weighted by Crippen LogP contribution is -2.09. The Kier molecular flexibility index (Phi) is 17.6. The van der Waals surface area contributed by atoms with Crippen LogP contribution in [0.2, 0.25) is 0 Å². The van der Waals surface area contributed by atoms with Gasteiger partial charge in [-0.05, 0) is 0 Å². The van der Waals surface area contributed by atoms with Crippen LogP contribution >= 0.6 is 0 Å². The molecular weight excluding hydrogens is 204 g/mol. The highest BCUT2D eigenvalue weighted by molar-refractivity contribution is 5.65. The average Bonchev–Trinajstić information content (AvgIpc) is 2.24. The fourth-order valence-corrected chi connectivity index (χ4v) is 0.451. The van der Waals surface area contributed by atoms with Crippen molar-refractivity contribution in [3.8, 4) is 0 Å². The highest BCUT2D eigenvalue weighted by atomic mass is 16.5. The molecule has 0 radical (unpaired) electrons. The molecule has 15 heavy (non-hydrogen) atoms. The number of ether oxygens (including phenoxy) is 3. The van der Waals surface area contributed by atoms with Gasteiger partial charge in [-0.25, -0.2) is 0 Å². The number of hydrogen-bond donors (Lipinski definition) is 2. The van der Waals surface area contributed by atoms with Gasteiger partial charge >= 0.3 is 5.97 Å². The van der Waals surface area contributed by atoms with E-state index >= 15 is 0 Å². The van der Waals surface area contributed by atoms with Crippen LogP contribution in [0.3, 0.4) is 0 Å². The molecule has 6 heteroatoms. The van der Waals surface area contributed by atoms with Gasteiger partial charge in [0.25, 0.3) is 0 Å². The molecule has 0 unspecified atom stereocenters. The third-order valence-corrected chi connectivity index (χ3v) is 1.13. The van der Waals surface area contributed by atoms with Crippen molar-refractivity contribution in [2.45, 2.75) is 6.92 Å². The minimum absolute atomic E-state index is 0.0417. The predicted molar refractivity (Wildman–Crippen MR) is 53.5 cm³/mol. The van der Waals surface area contributed by atoms with Gasteiger partial charge in [0, 0.05) is 6.92 Å². The number of carbonyl (C=O) groups excluding carboxylic acids is 1. The second kappa shape index (κ2) is 15.8. The van der Waals surface area contributed by atoms with Crippen molar-refractivity contribution < 1.29 is 29.2 Å². The summed E-state index contributed by atoms with van der Waals surface area (Å²) in [4.78, 5) is 9.59. The summed E-state index contributed by atoms with van der Waals surface area (Å²) < 4.78 is 13.9. The molecule has 92 valence electrons. The summed E-state index contributed by atoms with van der Waals surface area (Å²) in [5.41, 5.74) is 0. The highest BCUT2D eigenvalue weighted by Gasteiger charge is 1.86. The van der Waals surface area contributed by atoms with Gasteiger partial charge in [0.1, 0.15) is 0 Å². The first-order valence-electron chi connectivity index (χ1n) is 4.60. The lowest BCUT2D eigenvalue weighted by atomic mass is 10.7. The molecule has 0 aromatic carbocycles. The summed E-state index contributed by atoms with van der Waals surface area (Å²) in [7, 11) is 1.35. The van der Waals surface area contributed by atoms with Crippen LogP contribution in [-0.4, -0.2) is 62.9 Å². The molecule has 0 aromatic rings. The standard InChI is InChI=1S/C6H14O4.C3H6O2/c7-1-3-9-5-6-10-4-2-8;1-3(4)5-2/h7-8H,1-6H2;1-2H3. The number of aliphatic hydroxyl groups excluding tert-OH is 2. The predicted octanol–water partition coefficient (Wildman–Crippen LogP) is -0.816. The van der Waals surface area contributed by atoms with E-state index in [0.717, 1.165) is 0 Å². The van der Waals surface area contributed by atoms with Gasteiger partial charge in [-0.3, -0.25) is 4.79 Å². The lowest BCUT2D eigenvalue weighted by Gasteiger charge is -2.01. The van der Waals surface area contributed by atoms with E-state index in [9.17, 15) is 4.79 Å². The first-order chi connectivity index (χ1) is 7.18. The summed E-state index contributed by atoms with van der Waals surface area (Å²) in [6.45, 7) is 3.09. The maximum atomic E-state index is 9.59. The molecule has 0 aromatic heterocycles. The van der Waals surface area contributed by atoms with Crippen LogP contribution in [0, 0.1) is 0 Å². The normalized spacial score (nSPS) is 9.07. The third-order valence-electron chi connectivity index (χ3n) is 1.13. The SMILES string of the molecule is COC(C)=O.OCCOCCOCCO. The fourth-order valence-electron chi connectivity index (χ4n) is 0.451. The van der Waals surface area contributed by atoms with E-state index in [-0.39, 0.29) is 19.2 Å². The average molecular weight is 224 g/mol. The number of methoxy groups -OCH3 is 1. The van der Waals surface area contributed by atoms with Gasteiger partial charge < -0.3 is 24.4 Å². The minimum atomic E-state index is -0.245. The zero-order chi connectivity index (χ0) is 11.9. The van der Waals surface area contributed by atoms with Gasteiger partial charge in [0.15, 0.2) is 0 Å². The number of esters is 1. The molecule has 0 amide bonds. The van der Waals surface area contributed by atoms with Crippen LogP contribution in [0.25, 0.3) is 0 Å². The van der Waals surface area contributed by atoms with Gasteiger partial charge in [-0.15, -0.1) is 0 Å². The van der Waals surface area contributed by atoms with E-state index in [4.69, 9.17) is 19.7 Å². The molecule has 0 saturated carbocycles. The zero-order valence-corrected chi connectivity index (χ0v) is 9.27. The molecule has 0 aliphatic heterocycles. The molecule has 0 bridgehead atoms. The largest absolute Gasteiger partial charge is 0.469 e. The smallest absolute Gasteiger partial charge is 0.302 e. The topological polar surface area (TPSA) is 85.2 Å². The molecule has 0 spiro atoms. The van der Waals surface area contributed by atoms with Gasteiger partial charge in [-0.1, -0.05) is 0 Å². The second-order valence-corrected chi connectivity index (χ2v) is 2.37. The number of carbonyl (C=O) groups is 1. The van der Waals surface area contributed by atoms with Crippen molar-refractivity contribution in [3.05, 3.63) is 0 Å². The zero-order valence-electron chi connectivity index (χ0n) is 9.27. The Morgan fingerprint density at radius 1 is 1.00 bits per heavy atom. The molecule has 0 atom stereocenters. The van der Waals surface area contributed by atoms with Crippen LogP contribution in [-0.2, 0) is 19.0 Å². The van der Waals surface area contributed by atoms with Crippen molar-refractivity contribution >= 4 is 5.97 Å². The Balaban J connectivity index is 0. The van der Waals surface area contributed by atoms with Crippen LogP contribution in [0.15, 0.2) is 0 Å². The van der Waals surface area contributed by atoms with Crippen LogP contribution in [0.1, 0.15) is 6.92 Å². The quantitative estimate of drug-likeness (QED) is 0.434. The summed E-state index contributed by atoms with van der Waals surface area (Å²) in [5, 5.41) is 16.5. The lowest BCUT2D eigenvalue weighted by molar-refractivity contribution is -0.137. The first kappa shape index (κ1) is 16.7.